The molecule has 216 valence electrons. The van der Waals surface area contributed by atoms with Gasteiger partial charge in [0.1, 0.15) is 5.69 Å². The van der Waals surface area contributed by atoms with Gasteiger partial charge in [-0.3, -0.25) is 9.40 Å². The quantitative estimate of drug-likeness (QED) is 0.219. The first-order valence-corrected chi connectivity index (χ1v) is 15.6. The summed E-state index contributed by atoms with van der Waals surface area (Å²) in [6.45, 7) is 3.87. The first kappa shape index (κ1) is 30.2. The predicted molar refractivity (Wildman–Crippen MR) is 159 cm³/mol. The highest BCUT2D eigenvalue weighted by molar-refractivity contribution is 14.1. The van der Waals surface area contributed by atoms with E-state index in [1.807, 2.05) is 10.9 Å². The minimum absolute atomic E-state index is 0.0303. The van der Waals surface area contributed by atoms with Crippen molar-refractivity contribution >= 4 is 62.2 Å². The molecule has 40 heavy (non-hydrogen) atoms. The van der Waals surface area contributed by atoms with E-state index in [1.54, 1.807) is 19.2 Å². The monoisotopic (exact) mass is 706 g/mol. The lowest BCUT2D eigenvalue weighted by Crippen LogP contribution is -2.37. The summed E-state index contributed by atoms with van der Waals surface area (Å²) in [7, 11) is -2.48. The molecule has 2 aromatic heterocycles. The zero-order chi connectivity index (χ0) is 29.0. The number of methoxy groups -OCH3 is 1. The van der Waals surface area contributed by atoms with Crippen LogP contribution in [0.15, 0.2) is 30.6 Å². The number of nitrogens with zero attached hydrogens (tertiary/aromatic N) is 5. The van der Waals surface area contributed by atoms with Crippen LogP contribution in [0.5, 0.6) is 0 Å². The smallest absolute Gasteiger partial charge is 0.407 e. The molecule has 4 rings (SSSR count). The Bertz CT molecular complexity index is 1480. The Labute approximate surface area is 250 Å². The van der Waals surface area contributed by atoms with Crippen LogP contribution in [0.1, 0.15) is 25.8 Å². The number of amides is 1. The van der Waals surface area contributed by atoms with Crippen molar-refractivity contribution in [1.29, 1.82) is 0 Å². The van der Waals surface area contributed by atoms with Crippen LogP contribution < -0.4 is 15.4 Å². The summed E-state index contributed by atoms with van der Waals surface area (Å²) in [6.07, 6.45) is 5.46. The molecular formula is C24H29ClFIN8O4S. The number of anilines is 2. The average molecular weight is 707 g/mol. The molecule has 1 saturated heterocycles. The maximum Gasteiger partial charge on any atom is 0.407 e. The van der Waals surface area contributed by atoms with Crippen molar-refractivity contribution in [3.8, 4) is 22.5 Å². The number of hydrogen-bond donors (Lipinski definition) is 3. The van der Waals surface area contributed by atoms with E-state index in [0.29, 0.717) is 23.8 Å². The SMILES string of the molecule is COC(=O)N[C@@H](C)CNc1nccc(-c2cn(C3CCN(I)CC3)nc2-c2cc(Cl)cc(NS(C)(=O)=O)c2F)n1. The lowest BCUT2D eigenvalue weighted by Gasteiger charge is -2.27. The van der Waals surface area contributed by atoms with E-state index in [-0.39, 0.29) is 34.1 Å². The van der Waals surface area contributed by atoms with Crippen molar-refractivity contribution in [3.05, 3.63) is 41.4 Å². The third-order valence-corrected chi connectivity index (χ3v) is 7.93. The molecule has 0 spiro atoms. The van der Waals surface area contributed by atoms with Crippen molar-refractivity contribution in [2.45, 2.75) is 31.8 Å². The van der Waals surface area contributed by atoms with Crippen molar-refractivity contribution in [2.24, 2.45) is 0 Å². The highest BCUT2D eigenvalue weighted by atomic mass is 127. The van der Waals surface area contributed by atoms with Gasteiger partial charge in [-0.25, -0.2) is 30.7 Å². The maximum absolute atomic E-state index is 15.8. The molecule has 3 aromatic rings. The minimum atomic E-state index is -3.77. The van der Waals surface area contributed by atoms with Gasteiger partial charge in [-0.15, -0.1) is 0 Å². The number of benzene rings is 1. The molecule has 0 unspecified atom stereocenters. The molecule has 1 aromatic carbocycles. The third kappa shape index (κ3) is 7.70. The lowest BCUT2D eigenvalue weighted by atomic mass is 10.0. The highest BCUT2D eigenvalue weighted by Gasteiger charge is 2.26. The first-order valence-electron chi connectivity index (χ1n) is 12.3. The number of sulfonamides is 1. The molecule has 16 heteroatoms. The molecule has 12 nitrogen and oxygen atoms in total. The van der Waals surface area contributed by atoms with Crippen molar-refractivity contribution in [1.82, 2.24) is 28.2 Å². The van der Waals surface area contributed by atoms with Gasteiger partial charge in [0.25, 0.3) is 0 Å². The summed E-state index contributed by atoms with van der Waals surface area (Å²) in [5.74, 6) is -0.516. The van der Waals surface area contributed by atoms with Crippen LogP contribution >= 0.6 is 34.5 Å². The molecule has 1 aliphatic rings. The number of rotatable bonds is 9. The molecule has 1 amide bonds. The molecule has 0 saturated carbocycles. The maximum atomic E-state index is 15.8. The zero-order valence-electron chi connectivity index (χ0n) is 22.0. The normalized spacial score (nSPS) is 15.4. The van der Waals surface area contributed by atoms with Gasteiger partial charge in [0.05, 0.1) is 30.8 Å². The number of hydrogen-bond acceptors (Lipinski definition) is 9. The number of halogens is 3. The second kappa shape index (κ2) is 12.8. The highest BCUT2D eigenvalue weighted by Crippen LogP contribution is 2.38. The number of ether oxygens (including phenoxy) is 1. The summed E-state index contributed by atoms with van der Waals surface area (Å²) < 4.78 is 50.3. The van der Waals surface area contributed by atoms with Gasteiger partial charge in [-0.2, -0.15) is 5.10 Å². The first-order chi connectivity index (χ1) is 18.9. The standard InChI is InChI=1S/C24H29ClFIN8O4S/c1-14(30-24(36)39-2)12-29-23-28-7-4-19(31-23)18-13-35(16-5-8-34(27)9-6-16)32-22(18)17-10-15(25)11-20(21(17)26)33-40(3,37)38/h4,7,10-11,13-14,16,33H,5-6,8-9,12H2,1-3H3,(H,30,36)(H,28,29,31)/t14-/m0/s1. The predicted octanol–water partition coefficient (Wildman–Crippen LogP) is 4.31. The molecular weight excluding hydrogens is 678 g/mol. The van der Waals surface area contributed by atoms with Gasteiger partial charge in [0.15, 0.2) is 5.82 Å². The van der Waals surface area contributed by atoms with Crippen LogP contribution in [0.2, 0.25) is 5.02 Å². The van der Waals surface area contributed by atoms with Crippen LogP contribution in [-0.2, 0) is 14.8 Å². The Morgan fingerprint density at radius 1 is 1.30 bits per heavy atom. The summed E-state index contributed by atoms with van der Waals surface area (Å²) in [5, 5.41) is 10.6. The summed E-state index contributed by atoms with van der Waals surface area (Å²) in [6, 6.07) is 4.11. The van der Waals surface area contributed by atoms with Gasteiger partial charge in [-0.1, -0.05) is 11.6 Å². The lowest BCUT2D eigenvalue weighted by molar-refractivity contribution is 0.168. The van der Waals surface area contributed by atoms with Gasteiger partial charge in [-0.05, 0) is 38.0 Å². The average Bonchev–Trinajstić information content (AvgIpc) is 3.34. The Balaban J connectivity index is 1.74. The molecule has 3 heterocycles. The van der Waals surface area contributed by atoms with E-state index in [0.717, 1.165) is 32.2 Å². The van der Waals surface area contributed by atoms with Crippen LogP contribution in [0.25, 0.3) is 22.5 Å². The molecule has 0 aliphatic carbocycles. The van der Waals surface area contributed by atoms with Gasteiger partial charge in [0, 0.05) is 77.1 Å². The number of carbonyl (C=O) groups is 1. The number of aromatic nitrogens is 4. The Morgan fingerprint density at radius 3 is 2.70 bits per heavy atom. The van der Waals surface area contributed by atoms with Crippen molar-refractivity contribution in [3.63, 3.8) is 0 Å². The van der Waals surface area contributed by atoms with Crippen LogP contribution in [-0.4, -0.2) is 76.4 Å². The number of carbonyl (C=O) groups excluding carboxylic acids is 1. The molecule has 1 fully saturated rings. The Kier molecular flexibility index (Phi) is 9.68. The fourth-order valence-electron chi connectivity index (χ4n) is 4.25. The molecule has 0 bridgehead atoms. The minimum Gasteiger partial charge on any atom is -0.453 e. The summed E-state index contributed by atoms with van der Waals surface area (Å²) in [5.41, 5.74) is 1.01. The molecule has 3 N–H and O–H groups in total. The Morgan fingerprint density at radius 2 is 2.02 bits per heavy atom. The van der Waals surface area contributed by atoms with E-state index in [2.05, 4.69) is 56.0 Å². The topological polar surface area (TPSA) is 143 Å². The van der Waals surface area contributed by atoms with E-state index in [4.69, 9.17) is 16.7 Å². The van der Waals surface area contributed by atoms with Gasteiger partial charge >= 0.3 is 6.09 Å². The molecule has 1 aliphatic heterocycles. The number of alkyl carbamates (subject to hydrolysis) is 1. The largest absolute Gasteiger partial charge is 0.453 e. The van der Waals surface area contributed by atoms with Crippen molar-refractivity contribution < 1.29 is 22.3 Å². The molecule has 1 atom stereocenters. The van der Waals surface area contributed by atoms with E-state index >= 15 is 4.39 Å². The van der Waals surface area contributed by atoms with Crippen LogP contribution in [0, 0.1) is 5.82 Å². The molecule has 0 radical (unpaired) electrons. The number of nitrogens with one attached hydrogen (secondary N) is 3. The van der Waals surface area contributed by atoms with E-state index < -0.39 is 21.9 Å². The van der Waals surface area contributed by atoms with E-state index in [1.165, 1.54) is 19.2 Å². The van der Waals surface area contributed by atoms with Gasteiger partial charge < -0.3 is 15.4 Å². The summed E-state index contributed by atoms with van der Waals surface area (Å²) in [4.78, 5) is 20.3. The summed E-state index contributed by atoms with van der Waals surface area (Å²) >= 11 is 8.59. The van der Waals surface area contributed by atoms with E-state index in [9.17, 15) is 13.2 Å². The fourth-order valence-corrected chi connectivity index (χ4v) is 5.57. The fraction of sp³-hybridized carbons (Fsp3) is 0.417. The number of piperidine rings is 1. The zero-order valence-corrected chi connectivity index (χ0v) is 25.7. The van der Waals surface area contributed by atoms with Gasteiger partial charge in [0.2, 0.25) is 16.0 Å². The van der Waals surface area contributed by atoms with Crippen LogP contribution in [0.3, 0.4) is 0 Å². The second-order valence-corrected chi connectivity index (χ2v) is 12.9. The van der Waals surface area contributed by atoms with Crippen LogP contribution in [0.4, 0.5) is 20.8 Å². The second-order valence-electron chi connectivity index (χ2n) is 9.38. The Hall–Kier alpha value is -2.76. The third-order valence-electron chi connectivity index (χ3n) is 6.15. The van der Waals surface area contributed by atoms with Crippen molar-refractivity contribution in [2.75, 3.05) is 43.0 Å².